The molecule has 144 valence electrons. The van der Waals surface area contributed by atoms with Crippen molar-refractivity contribution >= 4 is 12.6 Å². The van der Waals surface area contributed by atoms with Gasteiger partial charge in [0.1, 0.15) is 48.8 Å². The summed E-state index contributed by atoms with van der Waals surface area (Å²) >= 11 is 0. The van der Waals surface area contributed by atoms with Crippen LogP contribution in [0.2, 0.25) is 0 Å². The molecule has 0 aromatic heterocycles. The summed E-state index contributed by atoms with van der Waals surface area (Å²) in [4.78, 5) is 19.8. The van der Waals surface area contributed by atoms with Gasteiger partial charge >= 0.3 is 0 Å². The quantitative estimate of drug-likeness (QED) is 0.164. The number of aldehydes is 2. The molecule has 0 aromatic rings. The van der Waals surface area contributed by atoms with Crippen molar-refractivity contribution in [2.45, 2.75) is 48.8 Å². The second-order valence-electron chi connectivity index (χ2n) is 4.72. The van der Waals surface area contributed by atoms with Gasteiger partial charge in [-0.3, -0.25) is 0 Å². The predicted octanol–water partition coefficient (Wildman–Crippen LogP) is -6.76. The number of aliphatic hydroxyl groups is 10. The first-order valence-corrected chi connectivity index (χ1v) is 6.65. The molecular formula is C12H24O12. The summed E-state index contributed by atoms with van der Waals surface area (Å²) in [7, 11) is 0. The van der Waals surface area contributed by atoms with Crippen molar-refractivity contribution in [2.24, 2.45) is 0 Å². The van der Waals surface area contributed by atoms with Gasteiger partial charge < -0.3 is 60.7 Å². The van der Waals surface area contributed by atoms with Crippen LogP contribution in [0.5, 0.6) is 0 Å². The summed E-state index contributed by atoms with van der Waals surface area (Å²) in [6.45, 7) is -1.52. The molecule has 0 aliphatic heterocycles. The molecule has 0 unspecified atom stereocenters. The van der Waals surface area contributed by atoms with Crippen molar-refractivity contribution in [3.8, 4) is 0 Å². The van der Waals surface area contributed by atoms with Gasteiger partial charge in [-0.05, 0) is 0 Å². The van der Waals surface area contributed by atoms with Gasteiger partial charge in [-0.1, -0.05) is 0 Å². The van der Waals surface area contributed by atoms with E-state index in [1.807, 2.05) is 0 Å². The maximum atomic E-state index is 9.90. The summed E-state index contributed by atoms with van der Waals surface area (Å²) in [6.07, 6.45) is -13.7. The maximum absolute atomic E-state index is 9.90. The molecule has 0 saturated heterocycles. The first-order valence-electron chi connectivity index (χ1n) is 6.65. The molecule has 0 aliphatic carbocycles. The number of carbonyl (C=O) groups is 2. The molecule has 0 radical (unpaired) electrons. The fourth-order valence-corrected chi connectivity index (χ4v) is 1.24. The topological polar surface area (TPSA) is 236 Å². The van der Waals surface area contributed by atoms with Gasteiger partial charge in [-0.15, -0.1) is 0 Å². The largest absolute Gasteiger partial charge is 0.394 e. The van der Waals surface area contributed by atoms with Crippen LogP contribution >= 0.6 is 0 Å². The Morgan fingerprint density at radius 2 is 0.792 bits per heavy atom. The van der Waals surface area contributed by atoms with Gasteiger partial charge in [0.05, 0.1) is 13.2 Å². The third-order valence-corrected chi connectivity index (χ3v) is 2.84. The fourth-order valence-electron chi connectivity index (χ4n) is 1.24. The Balaban J connectivity index is 0. The number of rotatable bonds is 10. The van der Waals surface area contributed by atoms with Crippen molar-refractivity contribution in [1.29, 1.82) is 0 Å². The molecule has 24 heavy (non-hydrogen) atoms. The van der Waals surface area contributed by atoms with E-state index in [9.17, 15) is 9.59 Å². The molecule has 0 fully saturated rings. The Labute approximate surface area is 136 Å². The van der Waals surface area contributed by atoms with Gasteiger partial charge in [0.2, 0.25) is 0 Å². The number of hydrogen-bond acceptors (Lipinski definition) is 12. The van der Waals surface area contributed by atoms with Crippen LogP contribution in [0.1, 0.15) is 0 Å². The van der Waals surface area contributed by atoms with Gasteiger partial charge in [0, 0.05) is 0 Å². The molecular weight excluding hydrogens is 336 g/mol. The molecule has 0 bridgehead atoms. The minimum Gasteiger partial charge on any atom is -0.394 e. The Morgan fingerprint density at radius 3 is 0.958 bits per heavy atom. The Morgan fingerprint density at radius 1 is 0.542 bits per heavy atom. The Bertz CT molecular complexity index is 308. The molecule has 0 aromatic carbocycles. The fraction of sp³-hybridized carbons (Fsp3) is 0.833. The van der Waals surface area contributed by atoms with Crippen LogP contribution in [0.15, 0.2) is 0 Å². The highest BCUT2D eigenvalue weighted by Gasteiger charge is 2.30. The lowest BCUT2D eigenvalue weighted by Gasteiger charge is -2.22. The smallest absolute Gasteiger partial charge is 0.151 e. The van der Waals surface area contributed by atoms with Crippen LogP contribution in [-0.4, -0.2) is 126 Å². The normalized spacial score (nSPS) is 21.1. The van der Waals surface area contributed by atoms with Crippen molar-refractivity contribution in [1.82, 2.24) is 0 Å². The third kappa shape index (κ3) is 8.70. The van der Waals surface area contributed by atoms with Gasteiger partial charge in [0.25, 0.3) is 0 Å². The van der Waals surface area contributed by atoms with Crippen molar-refractivity contribution in [3.63, 3.8) is 0 Å². The van der Waals surface area contributed by atoms with E-state index in [4.69, 9.17) is 51.1 Å². The molecule has 0 spiro atoms. The van der Waals surface area contributed by atoms with Crippen molar-refractivity contribution in [3.05, 3.63) is 0 Å². The summed E-state index contributed by atoms with van der Waals surface area (Å²) in [6, 6.07) is 0. The maximum Gasteiger partial charge on any atom is 0.151 e. The van der Waals surface area contributed by atoms with Crippen molar-refractivity contribution in [2.75, 3.05) is 13.2 Å². The highest BCUT2D eigenvalue weighted by atomic mass is 16.4. The van der Waals surface area contributed by atoms with E-state index in [1.165, 1.54) is 0 Å². The van der Waals surface area contributed by atoms with Gasteiger partial charge in [0.15, 0.2) is 12.6 Å². The first kappa shape index (κ1) is 25.2. The predicted molar refractivity (Wildman–Crippen MR) is 74.4 cm³/mol. The number of carbonyl (C=O) groups excluding carboxylic acids is 2. The molecule has 0 heterocycles. The van der Waals surface area contributed by atoms with Crippen LogP contribution in [0.4, 0.5) is 0 Å². The molecule has 0 rings (SSSR count). The zero-order chi connectivity index (χ0) is 19.4. The van der Waals surface area contributed by atoms with Crippen LogP contribution < -0.4 is 0 Å². The summed E-state index contributed by atoms with van der Waals surface area (Å²) in [5.41, 5.74) is 0. The highest BCUT2D eigenvalue weighted by molar-refractivity contribution is 5.57. The second-order valence-corrected chi connectivity index (χ2v) is 4.72. The third-order valence-electron chi connectivity index (χ3n) is 2.84. The second kappa shape index (κ2) is 13.3. The number of hydrogen-bond donors (Lipinski definition) is 10. The van der Waals surface area contributed by atoms with Crippen LogP contribution in [0.25, 0.3) is 0 Å². The average molecular weight is 360 g/mol. The average Bonchev–Trinajstić information content (AvgIpc) is 2.62. The SMILES string of the molecule is O=C[C@H](O)[C@H](O)[C@@H](O)[C@@H](O)CO.O=C[C@H](O)[C@H](O)[C@@H](O)[C@@H](O)CO. The summed E-state index contributed by atoms with van der Waals surface area (Å²) in [5, 5.41) is 87.1. The lowest BCUT2D eigenvalue weighted by molar-refractivity contribution is -0.136. The molecule has 0 saturated carbocycles. The van der Waals surface area contributed by atoms with Crippen LogP contribution in [0.3, 0.4) is 0 Å². The molecule has 0 aliphatic rings. The van der Waals surface area contributed by atoms with E-state index in [1.54, 1.807) is 0 Å². The van der Waals surface area contributed by atoms with E-state index in [0.717, 1.165) is 0 Å². The minimum absolute atomic E-state index is 0.0258. The van der Waals surface area contributed by atoms with E-state index in [-0.39, 0.29) is 12.6 Å². The molecule has 12 nitrogen and oxygen atoms in total. The van der Waals surface area contributed by atoms with Crippen LogP contribution in [-0.2, 0) is 9.59 Å². The molecule has 12 heteroatoms. The summed E-state index contributed by atoms with van der Waals surface area (Å²) in [5.74, 6) is 0. The molecule has 8 atom stereocenters. The van der Waals surface area contributed by atoms with E-state index >= 15 is 0 Å². The van der Waals surface area contributed by atoms with Gasteiger partial charge in [-0.2, -0.15) is 0 Å². The van der Waals surface area contributed by atoms with E-state index < -0.39 is 62.0 Å². The first-order chi connectivity index (χ1) is 11.1. The standard InChI is InChI=1S/2C6H12O6/c2*7-1-3(9)5(11)6(12)4(10)2-8/h2*1,3-6,8-12H,2H2/t2*3-,4-,5-,6-/m00/s1. The van der Waals surface area contributed by atoms with E-state index in [2.05, 4.69) is 0 Å². The number of aliphatic hydroxyl groups excluding tert-OH is 10. The van der Waals surface area contributed by atoms with Crippen molar-refractivity contribution < 1.29 is 60.7 Å². The van der Waals surface area contributed by atoms with Crippen LogP contribution in [0, 0.1) is 0 Å². The van der Waals surface area contributed by atoms with E-state index in [0.29, 0.717) is 0 Å². The zero-order valence-corrected chi connectivity index (χ0v) is 12.5. The lowest BCUT2D eigenvalue weighted by atomic mass is 10.0. The molecule has 10 N–H and O–H groups in total. The lowest BCUT2D eigenvalue weighted by Crippen LogP contribution is -2.46. The monoisotopic (exact) mass is 360 g/mol. The summed E-state index contributed by atoms with van der Waals surface area (Å²) < 4.78 is 0. The highest BCUT2D eigenvalue weighted by Crippen LogP contribution is 2.03. The Kier molecular flexibility index (Phi) is 13.9. The van der Waals surface area contributed by atoms with Gasteiger partial charge in [-0.25, -0.2) is 0 Å². The molecule has 0 amide bonds. The Hall–Kier alpha value is -1.06. The minimum atomic E-state index is -1.79. The zero-order valence-electron chi connectivity index (χ0n) is 12.5.